The number of nitrogens with two attached hydrogens (primary N) is 1. The molecule has 4 aromatic rings. The lowest BCUT2D eigenvalue weighted by molar-refractivity contribution is 0.466. The van der Waals surface area contributed by atoms with Crippen molar-refractivity contribution < 1.29 is 4.39 Å². The van der Waals surface area contributed by atoms with E-state index in [0.717, 1.165) is 43.4 Å². The molecule has 3 N–H and O–H groups in total. The van der Waals surface area contributed by atoms with Crippen LogP contribution in [0, 0.1) is 0 Å². The second kappa shape index (κ2) is 9.06. The average molecular weight is 425 g/mol. The molecule has 30 heavy (non-hydrogen) atoms. The molecule has 0 spiro atoms. The summed E-state index contributed by atoms with van der Waals surface area (Å²) in [5.74, 6) is 0.752. The summed E-state index contributed by atoms with van der Waals surface area (Å²) in [6.45, 7) is 0.423. The van der Waals surface area contributed by atoms with Crippen molar-refractivity contribution in [3.63, 3.8) is 0 Å². The van der Waals surface area contributed by atoms with Gasteiger partial charge >= 0.3 is 0 Å². The van der Waals surface area contributed by atoms with Crippen molar-refractivity contribution in [3.8, 4) is 0 Å². The summed E-state index contributed by atoms with van der Waals surface area (Å²) in [5.41, 5.74) is 9.41. The highest BCUT2D eigenvalue weighted by Gasteiger charge is 2.13. The normalized spacial score (nSPS) is 12.5. The summed E-state index contributed by atoms with van der Waals surface area (Å²) in [7, 11) is 1.70. The molecule has 3 aromatic heterocycles. The third-order valence-electron chi connectivity index (χ3n) is 4.53. The molecule has 3 heterocycles. The number of benzene rings is 1. The fourth-order valence-electron chi connectivity index (χ4n) is 3.13. The van der Waals surface area contributed by atoms with Gasteiger partial charge in [-0.1, -0.05) is 17.4 Å². The number of hydrogen-bond acceptors (Lipinski definition) is 8. The number of fused-ring (bicyclic) bond motifs is 2. The van der Waals surface area contributed by atoms with Gasteiger partial charge in [-0.25, -0.2) is 4.39 Å². The highest BCUT2D eigenvalue weighted by Crippen LogP contribution is 2.21. The molecular formula is C20H21FN8S. The van der Waals surface area contributed by atoms with E-state index >= 15 is 0 Å². The van der Waals surface area contributed by atoms with Crippen LogP contribution in [0.25, 0.3) is 21.4 Å². The van der Waals surface area contributed by atoms with Gasteiger partial charge in [0.2, 0.25) is 4.96 Å². The van der Waals surface area contributed by atoms with Gasteiger partial charge in [-0.15, -0.1) is 10.2 Å². The summed E-state index contributed by atoms with van der Waals surface area (Å²) in [5, 5.41) is 17.9. The van der Waals surface area contributed by atoms with Crippen LogP contribution in [-0.4, -0.2) is 51.3 Å². The maximum absolute atomic E-state index is 12.3. The first-order valence-corrected chi connectivity index (χ1v) is 10.2. The van der Waals surface area contributed by atoms with Gasteiger partial charge in [0.1, 0.15) is 11.7 Å². The van der Waals surface area contributed by atoms with Crippen LogP contribution >= 0.6 is 11.3 Å². The highest BCUT2D eigenvalue weighted by molar-refractivity contribution is 7.16. The predicted octanol–water partition coefficient (Wildman–Crippen LogP) is 2.38. The number of pyridine rings is 1. The Morgan fingerprint density at radius 3 is 3.03 bits per heavy atom. The number of aromatic nitrogens is 5. The van der Waals surface area contributed by atoms with Gasteiger partial charge in [-0.05, 0) is 23.8 Å². The number of nitrogens with zero attached hydrogens (tertiary/aromatic N) is 6. The van der Waals surface area contributed by atoms with Gasteiger partial charge in [0.15, 0.2) is 5.82 Å². The largest absolute Gasteiger partial charge is 0.404 e. The summed E-state index contributed by atoms with van der Waals surface area (Å²) in [4.78, 5) is 9.29. The summed E-state index contributed by atoms with van der Waals surface area (Å²) in [6, 6.07) is 8.14. The molecule has 0 aliphatic heterocycles. The third kappa shape index (κ3) is 4.19. The summed E-state index contributed by atoms with van der Waals surface area (Å²) >= 11 is 1.45. The van der Waals surface area contributed by atoms with Crippen LogP contribution in [0.4, 0.5) is 4.39 Å². The minimum absolute atomic E-state index is 0.311. The number of allylic oxidation sites excluding steroid dienone is 1. The number of halogens is 1. The van der Waals surface area contributed by atoms with Crippen LogP contribution in [0.2, 0.25) is 0 Å². The molecule has 0 saturated carbocycles. The standard InChI is InChI=1S/C20H21FN8S/c1-23-10-16(9-22)15-8-14-6-13(2-3-17(14)25-11-15)7-18-26-27-20-29(18)28-19(30-20)12-24-5-4-21/h2-3,6,8-11,24H,4-5,7,12,22H2,1H3/b16-9+,23-10?. The van der Waals surface area contributed by atoms with Crippen molar-refractivity contribution in [2.75, 3.05) is 20.3 Å². The van der Waals surface area contributed by atoms with Gasteiger partial charge in [0, 0.05) is 61.7 Å². The zero-order valence-electron chi connectivity index (χ0n) is 16.4. The van der Waals surface area contributed by atoms with E-state index in [1.54, 1.807) is 24.0 Å². The number of alkyl halides is 1. The van der Waals surface area contributed by atoms with Gasteiger partial charge in [0.25, 0.3) is 0 Å². The van der Waals surface area contributed by atoms with Crippen LogP contribution < -0.4 is 11.1 Å². The maximum Gasteiger partial charge on any atom is 0.234 e. The van der Waals surface area contributed by atoms with Crippen molar-refractivity contribution in [1.82, 2.24) is 30.1 Å². The van der Waals surface area contributed by atoms with E-state index in [2.05, 4.69) is 36.7 Å². The Balaban J connectivity index is 1.60. The minimum atomic E-state index is -0.401. The zero-order chi connectivity index (χ0) is 20.9. The topological polar surface area (TPSA) is 106 Å². The monoisotopic (exact) mass is 424 g/mol. The van der Waals surface area contributed by atoms with E-state index in [9.17, 15) is 4.39 Å². The number of rotatable bonds is 8. The van der Waals surface area contributed by atoms with Crippen molar-refractivity contribution in [2.45, 2.75) is 13.0 Å². The molecule has 1 aromatic carbocycles. The quantitative estimate of drug-likeness (QED) is 0.332. The predicted molar refractivity (Wildman–Crippen MR) is 117 cm³/mol. The first-order chi connectivity index (χ1) is 14.7. The maximum atomic E-state index is 12.3. The van der Waals surface area contributed by atoms with Gasteiger partial charge in [-0.2, -0.15) is 9.61 Å². The van der Waals surface area contributed by atoms with Crippen molar-refractivity contribution >= 4 is 39.0 Å². The molecule has 0 amide bonds. The lowest BCUT2D eigenvalue weighted by atomic mass is 10.0. The molecule has 4 rings (SSSR count). The molecule has 0 saturated heterocycles. The molecule has 0 aliphatic carbocycles. The Hall–Kier alpha value is -3.24. The molecule has 0 atom stereocenters. The van der Waals surface area contributed by atoms with E-state index in [1.165, 1.54) is 17.5 Å². The first kappa shape index (κ1) is 20.0. The Kier molecular flexibility index (Phi) is 6.05. The molecule has 10 heteroatoms. The molecule has 0 radical (unpaired) electrons. The summed E-state index contributed by atoms with van der Waals surface area (Å²) < 4.78 is 14.0. The first-order valence-electron chi connectivity index (χ1n) is 9.41. The Labute approximate surface area is 176 Å². The van der Waals surface area contributed by atoms with Crippen molar-refractivity contribution in [2.24, 2.45) is 10.7 Å². The third-order valence-corrected chi connectivity index (χ3v) is 5.43. The van der Waals surface area contributed by atoms with E-state index < -0.39 is 6.67 Å². The van der Waals surface area contributed by atoms with E-state index in [1.807, 2.05) is 18.2 Å². The fraction of sp³-hybridized carbons (Fsp3) is 0.250. The van der Waals surface area contributed by atoms with E-state index in [0.29, 0.717) is 19.5 Å². The number of hydrogen-bond donors (Lipinski definition) is 2. The fourth-order valence-corrected chi connectivity index (χ4v) is 3.95. The Bertz CT molecular complexity index is 1230. The SMILES string of the molecule is CN=C/C(=C\N)c1cnc2ccc(Cc3nnc4sc(CNCCF)nn34)cc2c1. The molecule has 8 nitrogen and oxygen atoms in total. The average Bonchev–Trinajstić information content (AvgIpc) is 3.33. The zero-order valence-corrected chi connectivity index (χ0v) is 17.2. The van der Waals surface area contributed by atoms with E-state index in [4.69, 9.17) is 5.73 Å². The highest BCUT2D eigenvalue weighted by atomic mass is 32.1. The van der Waals surface area contributed by atoms with Gasteiger partial charge < -0.3 is 11.1 Å². The van der Waals surface area contributed by atoms with Crippen molar-refractivity contribution in [3.05, 3.63) is 58.6 Å². The van der Waals surface area contributed by atoms with Gasteiger partial charge in [-0.3, -0.25) is 9.98 Å². The Morgan fingerprint density at radius 1 is 1.33 bits per heavy atom. The molecule has 0 bridgehead atoms. The van der Waals surface area contributed by atoms with Crippen LogP contribution in [0.5, 0.6) is 0 Å². The molecule has 0 aliphatic rings. The second-order valence-corrected chi connectivity index (χ2v) is 7.65. The second-order valence-electron chi connectivity index (χ2n) is 6.61. The molecular weight excluding hydrogens is 403 g/mol. The lowest BCUT2D eigenvalue weighted by Gasteiger charge is -2.05. The Morgan fingerprint density at radius 2 is 2.23 bits per heavy atom. The van der Waals surface area contributed by atoms with Gasteiger partial charge in [0.05, 0.1) is 5.52 Å². The van der Waals surface area contributed by atoms with Crippen LogP contribution in [0.1, 0.15) is 22.0 Å². The number of aliphatic imine (C=N–C) groups is 1. The molecule has 154 valence electrons. The summed E-state index contributed by atoms with van der Waals surface area (Å²) in [6.07, 6.45) is 5.60. The van der Waals surface area contributed by atoms with Crippen LogP contribution in [0.3, 0.4) is 0 Å². The van der Waals surface area contributed by atoms with E-state index in [-0.39, 0.29) is 0 Å². The van der Waals surface area contributed by atoms with Crippen LogP contribution in [-0.2, 0) is 13.0 Å². The minimum Gasteiger partial charge on any atom is -0.404 e. The van der Waals surface area contributed by atoms with Crippen LogP contribution in [0.15, 0.2) is 41.7 Å². The lowest BCUT2D eigenvalue weighted by Crippen LogP contribution is -2.16. The number of nitrogens with one attached hydrogen (secondary N) is 1. The molecule has 0 fully saturated rings. The smallest absolute Gasteiger partial charge is 0.234 e. The molecule has 0 unspecified atom stereocenters. The van der Waals surface area contributed by atoms with Crippen molar-refractivity contribution in [1.29, 1.82) is 0 Å².